The number of nitrogens with one attached hydrogen (secondary N) is 1. The summed E-state index contributed by atoms with van der Waals surface area (Å²) < 4.78 is 5.57. The minimum absolute atomic E-state index is 0.160. The lowest BCUT2D eigenvalue weighted by Crippen LogP contribution is -2.41. The number of hydrogen-bond acceptors (Lipinski definition) is 5. The van der Waals surface area contributed by atoms with Crippen molar-refractivity contribution in [3.05, 3.63) is 30.0 Å². The summed E-state index contributed by atoms with van der Waals surface area (Å²) in [5.41, 5.74) is 0.988. The van der Waals surface area contributed by atoms with Crippen LogP contribution in [0.4, 0.5) is 5.69 Å². The van der Waals surface area contributed by atoms with Crippen molar-refractivity contribution in [1.82, 2.24) is 4.90 Å². The number of aliphatic hydroxyl groups is 1. The molecule has 0 saturated carbocycles. The Bertz CT molecular complexity index is 752. The number of β-amino-alcohol motifs (C(OH)–C–C–N with tert-alkyl or cyclic N) is 1. The molecule has 0 aliphatic carbocycles. The Hall–Kier alpha value is -2.18. The van der Waals surface area contributed by atoms with Gasteiger partial charge in [0, 0.05) is 25.4 Å². The third kappa shape index (κ3) is 3.00. The lowest BCUT2D eigenvalue weighted by atomic mass is 10.2. The molecule has 1 aliphatic rings. The Balaban J connectivity index is 1.87. The zero-order chi connectivity index (χ0) is 16.6. The highest BCUT2D eigenvalue weighted by atomic mass is 16.3. The van der Waals surface area contributed by atoms with Crippen LogP contribution in [0.15, 0.2) is 28.7 Å². The molecule has 6 nitrogen and oxygen atoms in total. The number of carbonyl (C=O) groups excluding carboxylic acids is 2. The lowest BCUT2D eigenvalue weighted by Gasteiger charge is -2.22. The maximum atomic E-state index is 12.5. The highest BCUT2D eigenvalue weighted by Crippen LogP contribution is 2.31. The highest BCUT2D eigenvalue weighted by Gasteiger charge is 2.30. The molecule has 2 heterocycles. The Morgan fingerprint density at radius 1 is 1.39 bits per heavy atom. The first-order chi connectivity index (χ1) is 11.0. The van der Waals surface area contributed by atoms with Crippen LogP contribution in [0.25, 0.3) is 11.0 Å². The van der Waals surface area contributed by atoms with Gasteiger partial charge in [-0.05, 0) is 25.5 Å². The fourth-order valence-electron chi connectivity index (χ4n) is 2.93. The summed E-state index contributed by atoms with van der Waals surface area (Å²) in [6.07, 6.45) is 0.290. The molecular formula is C17H20N2O4. The van der Waals surface area contributed by atoms with E-state index in [2.05, 4.69) is 5.32 Å². The van der Waals surface area contributed by atoms with E-state index < -0.39 is 0 Å². The summed E-state index contributed by atoms with van der Waals surface area (Å²) >= 11 is 0. The molecule has 1 unspecified atom stereocenters. The number of para-hydroxylation sites is 1. The molecule has 2 N–H and O–H groups in total. The van der Waals surface area contributed by atoms with Crippen molar-refractivity contribution in [2.45, 2.75) is 32.4 Å². The van der Waals surface area contributed by atoms with Gasteiger partial charge in [-0.3, -0.25) is 14.5 Å². The van der Waals surface area contributed by atoms with Gasteiger partial charge >= 0.3 is 0 Å². The van der Waals surface area contributed by atoms with E-state index in [1.807, 2.05) is 23.1 Å². The number of nitrogens with zero attached hydrogens (tertiary/aromatic N) is 1. The second-order valence-corrected chi connectivity index (χ2v) is 5.96. The van der Waals surface area contributed by atoms with E-state index in [1.165, 1.54) is 6.92 Å². The van der Waals surface area contributed by atoms with Crippen molar-refractivity contribution < 1.29 is 19.1 Å². The normalized spacial score (nSPS) is 19.9. The predicted octanol–water partition coefficient (Wildman–Crippen LogP) is 2.03. The van der Waals surface area contributed by atoms with E-state index in [4.69, 9.17) is 4.42 Å². The topological polar surface area (TPSA) is 82.8 Å². The lowest BCUT2D eigenvalue weighted by molar-refractivity contribution is -0.120. The summed E-state index contributed by atoms with van der Waals surface area (Å²) in [6.45, 7) is 4.37. The van der Waals surface area contributed by atoms with Gasteiger partial charge in [-0.2, -0.15) is 0 Å². The zero-order valence-electron chi connectivity index (χ0n) is 13.2. The van der Waals surface area contributed by atoms with Crippen LogP contribution in [0, 0.1) is 0 Å². The molecule has 2 aromatic rings. The van der Waals surface area contributed by atoms with Crippen LogP contribution in [-0.4, -0.2) is 46.9 Å². The summed E-state index contributed by atoms with van der Waals surface area (Å²) in [7, 11) is 0. The fraction of sp³-hybridized carbons (Fsp3) is 0.412. The molecule has 0 radical (unpaired) electrons. The summed E-state index contributed by atoms with van der Waals surface area (Å²) in [6, 6.07) is 6.83. The maximum absolute atomic E-state index is 12.5. The molecule has 122 valence electrons. The number of fused-ring (bicyclic) bond motifs is 1. The van der Waals surface area contributed by atoms with Crippen LogP contribution < -0.4 is 5.32 Å². The van der Waals surface area contributed by atoms with Crippen molar-refractivity contribution in [3.63, 3.8) is 0 Å². The highest BCUT2D eigenvalue weighted by molar-refractivity contribution is 6.11. The van der Waals surface area contributed by atoms with E-state index in [0.29, 0.717) is 36.2 Å². The first-order valence-electron chi connectivity index (χ1n) is 7.73. The number of likely N-dealkylation sites (tertiary alicyclic amines) is 1. The van der Waals surface area contributed by atoms with Crippen LogP contribution in [-0.2, 0) is 4.79 Å². The van der Waals surface area contributed by atoms with E-state index in [1.54, 1.807) is 13.0 Å². The molecule has 6 heteroatoms. The van der Waals surface area contributed by atoms with Gasteiger partial charge < -0.3 is 14.8 Å². The van der Waals surface area contributed by atoms with Crippen LogP contribution >= 0.6 is 0 Å². The number of furan rings is 1. The number of Topliss-reactive ketones (excluding diaryl/α,β-unsaturated/α-hetero) is 1. The molecule has 1 fully saturated rings. The number of hydrogen-bond donors (Lipinski definition) is 2. The number of benzene rings is 1. The number of ketones is 1. The largest absolute Gasteiger partial charge is 0.451 e. The van der Waals surface area contributed by atoms with Crippen molar-refractivity contribution >= 4 is 28.3 Å². The SMILES string of the molecule is CC(=O)c1oc2ccccc2c1NC(=O)C(C)N1CC[C@@H](O)C1. The molecule has 0 spiro atoms. The van der Waals surface area contributed by atoms with Gasteiger partial charge in [0.25, 0.3) is 0 Å². The molecule has 1 aliphatic heterocycles. The van der Waals surface area contributed by atoms with Gasteiger partial charge in [0.2, 0.25) is 5.91 Å². The van der Waals surface area contributed by atoms with E-state index in [-0.39, 0.29) is 29.6 Å². The molecule has 0 bridgehead atoms. The average molecular weight is 316 g/mol. The molecule has 2 atom stereocenters. The summed E-state index contributed by atoms with van der Waals surface area (Å²) in [5, 5.41) is 13.1. The minimum Gasteiger partial charge on any atom is -0.451 e. The third-order valence-corrected chi connectivity index (χ3v) is 4.29. The molecule has 1 aromatic heterocycles. The molecule has 1 saturated heterocycles. The summed E-state index contributed by atoms with van der Waals surface area (Å²) in [5.74, 6) is -0.290. The van der Waals surface area contributed by atoms with Crippen molar-refractivity contribution in [2.24, 2.45) is 0 Å². The van der Waals surface area contributed by atoms with Gasteiger partial charge in [-0.15, -0.1) is 0 Å². The quantitative estimate of drug-likeness (QED) is 0.843. The smallest absolute Gasteiger partial charge is 0.241 e. The molecular weight excluding hydrogens is 296 g/mol. The van der Waals surface area contributed by atoms with Crippen molar-refractivity contribution in [3.8, 4) is 0 Å². The Kier molecular flexibility index (Phi) is 4.19. The minimum atomic E-state index is -0.388. The standard InChI is InChI=1S/C17H20N2O4/c1-10(19-8-7-12(21)9-19)17(22)18-15-13-5-3-4-6-14(13)23-16(15)11(2)20/h3-6,10,12,21H,7-9H2,1-2H3,(H,18,22)/t10?,12-/m1/s1. The fourth-order valence-corrected chi connectivity index (χ4v) is 2.93. The molecule has 1 amide bonds. The third-order valence-electron chi connectivity index (χ3n) is 4.29. The van der Waals surface area contributed by atoms with Crippen LogP contribution in [0.1, 0.15) is 30.8 Å². The number of carbonyl (C=O) groups is 2. The monoisotopic (exact) mass is 316 g/mol. The van der Waals surface area contributed by atoms with E-state index in [9.17, 15) is 14.7 Å². The number of aliphatic hydroxyl groups excluding tert-OH is 1. The number of anilines is 1. The maximum Gasteiger partial charge on any atom is 0.241 e. The van der Waals surface area contributed by atoms with Crippen molar-refractivity contribution in [2.75, 3.05) is 18.4 Å². The van der Waals surface area contributed by atoms with Crippen molar-refractivity contribution in [1.29, 1.82) is 0 Å². The van der Waals surface area contributed by atoms with Crippen LogP contribution in [0.2, 0.25) is 0 Å². The van der Waals surface area contributed by atoms with Gasteiger partial charge in [-0.1, -0.05) is 12.1 Å². The van der Waals surface area contributed by atoms with E-state index in [0.717, 1.165) is 0 Å². The Morgan fingerprint density at radius 3 is 2.78 bits per heavy atom. The number of amides is 1. The molecule has 3 rings (SSSR count). The zero-order valence-corrected chi connectivity index (χ0v) is 13.2. The number of rotatable bonds is 4. The van der Waals surface area contributed by atoms with Gasteiger partial charge in [0.05, 0.1) is 17.8 Å². The first-order valence-corrected chi connectivity index (χ1v) is 7.73. The Labute approximate surface area is 134 Å². The average Bonchev–Trinajstić information content (AvgIpc) is 3.11. The molecule has 1 aromatic carbocycles. The second kappa shape index (κ2) is 6.14. The summed E-state index contributed by atoms with van der Waals surface area (Å²) in [4.78, 5) is 26.3. The predicted molar refractivity (Wildman–Crippen MR) is 86.5 cm³/mol. The first kappa shape index (κ1) is 15.7. The van der Waals surface area contributed by atoms with Gasteiger partial charge in [0.15, 0.2) is 11.5 Å². The molecule has 23 heavy (non-hydrogen) atoms. The van der Waals surface area contributed by atoms with Crippen LogP contribution in [0.5, 0.6) is 0 Å². The van der Waals surface area contributed by atoms with Crippen LogP contribution in [0.3, 0.4) is 0 Å². The van der Waals surface area contributed by atoms with Gasteiger partial charge in [0.1, 0.15) is 5.58 Å². The van der Waals surface area contributed by atoms with E-state index >= 15 is 0 Å². The van der Waals surface area contributed by atoms with Gasteiger partial charge in [-0.25, -0.2) is 0 Å². The second-order valence-electron chi connectivity index (χ2n) is 5.96. The Morgan fingerprint density at radius 2 is 2.13 bits per heavy atom.